The Labute approximate surface area is 147 Å². The highest BCUT2D eigenvalue weighted by Crippen LogP contribution is 2.14. The molecule has 5 heteroatoms. The summed E-state index contributed by atoms with van der Waals surface area (Å²) in [6, 6.07) is 17.4. The lowest BCUT2D eigenvalue weighted by Gasteiger charge is -2.10. The quantitative estimate of drug-likeness (QED) is 0.748. The number of nitrogens with one attached hydrogen (secondary N) is 1. The standard InChI is InChI=1S/C20H21N3O2/c1-15-5-3-6-16(11-15)13-23-19(9-10-21-23)22-20(24)18-8-4-7-17(12-18)14-25-2/h3-12H,13-14H2,1-2H3,(H,22,24). The number of anilines is 1. The third-order valence-corrected chi connectivity index (χ3v) is 3.87. The Balaban J connectivity index is 1.74. The van der Waals surface area contributed by atoms with E-state index in [2.05, 4.69) is 35.5 Å². The van der Waals surface area contributed by atoms with Crippen molar-refractivity contribution in [3.63, 3.8) is 0 Å². The first-order chi connectivity index (χ1) is 12.2. The summed E-state index contributed by atoms with van der Waals surface area (Å²) in [5, 5.41) is 7.25. The highest BCUT2D eigenvalue weighted by Gasteiger charge is 2.10. The number of rotatable bonds is 6. The highest BCUT2D eigenvalue weighted by molar-refractivity contribution is 6.03. The second kappa shape index (κ2) is 7.77. The maximum Gasteiger partial charge on any atom is 0.256 e. The molecule has 5 nitrogen and oxygen atoms in total. The Morgan fingerprint density at radius 3 is 2.72 bits per heavy atom. The number of ether oxygens (including phenoxy) is 1. The number of methoxy groups -OCH3 is 1. The first kappa shape index (κ1) is 16.9. The smallest absolute Gasteiger partial charge is 0.256 e. The van der Waals surface area contributed by atoms with Gasteiger partial charge in [-0.25, -0.2) is 4.68 Å². The largest absolute Gasteiger partial charge is 0.380 e. The fourth-order valence-corrected chi connectivity index (χ4v) is 2.71. The molecule has 0 aliphatic rings. The minimum atomic E-state index is -0.163. The van der Waals surface area contributed by atoms with Gasteiger partial charge in [-0.1, -0.05) is 42.0 Å². The number of carbonyl (C=O) groups excluding carboxylic acids is 1. The van der Waals surface area contributed by atoms with Gasteiger partial charge >= 0.3 is 0 Å². The molecule has 1 aromatic heterocycles. The zero-order valence-electron chi connectivity index (χ0n) is 14.4. The van der Waals surface area contributed by atoms with Crippen LogP contribution in [0.25, 0.3) is 0 Å². The molecule has 0 saturated heterocycles. The number of aromatic nitrogens is 2. The SMILES string of the molecule is COCc1cccc(C(=O)Nc2ccnn2Cc2cccc(C)c2)c1. The number of hydrogen-bond donors (Lipinski definition) is 1. The van der Waals surface area contributed by atoms with Gasteiger partial charge in [0, 0.05) is 18.7 Å². The molecule has 1 N–H and O–H groups in total. The van der Waals surface area contributed by atoms with Crippen molar-refractivity contribution in [2.45, 2.75) is 20.1 Å². The fourth-order valence-electron chi connectivity index (χ4n) is 2.71. The number of amides is 1. The van der Waals surface area contributed by atoms with Crippen molar-refractivity contribution < 1.29 is 9.53 Å². The lowest BCUT2D eigenvalue weighted by atomic mass is 10.1. The average Bonchev–Trinajstić information content (AvgIpc) is 3.02. The molecule has 0 aliphatic carbocycles. The van der Waals surface area contributed by atoms with Gasteiger partial charge in [0.05, 0.1) is 19.3 Å². The van der Waals surface area contributed by atoms with E-state index in [-0.39, 0.29) is 5.91 Å². The summed E-state index contributed by atoms with van der Waals surface area (Å²) in [6.45, 7) is 3.14. The fraction of sp³-hybridized carbons (Fsp3) is 0.200. The summed E-state index contributed by atoms with van der Waals surface area (Å²) in [7, 11) is 1.64. The Morgan fingerprint density at radius 1 is 1.12 bits per heavy atom. The van der Waals surface area contributed by atoms with Gasteiger partial charge in [-0.15, -0.1) is 0 Å². The number of aryl methyl sites for hydroxylation is 1. The molecule has 0 bridgehead atoms. The molecule has 2 aromatic carbocycles. The van der Waals surface area contributed by atoms with Crippen LogP contribution < -0.4 is 5.32 Å². The van der Waals surface area contributed by atoms with Gasteiger partial charge in [-0.2, -0.15) is 5.10 Å². The van der Waals surface area contributed by atoms with Crippen molar-refractivity contribution in [3.8, 4) is 0 Å². The summed E-state index contributed by atoms with van der Waals surface area (Å²) in [6.07, 6.45) is 1.69. The van der Waals surface area contributed by atoms with E-state index in [0.29, 0.717) is 24.5 Å². The Morgan fingerprint density at radius 2 is 1.92 bits per heavy atom. The van der Waals surface area contributed by atoms with E-state index in [1.54, 1.807) is 30.1 Å². The Hall–Kier alpha value is -2.92. The van der Waals surface area contributed by atoms with Crippen LogP contribution >= 0.6 is 0 Å². The molecule has 3 aromatic rings. The molecule has 128 valence electrons. The van der Waals surface area contributed by atoms with Crippen LogP contribution in [0.5, 0.6) is 0 Å². The van der Waals surface area contributed by atoms with E-state index >= 15 is 0 Å². The number of hydrogen-bond acceptors (Lipinski definition) is 3. The van der Waals surface area contributed by atoms with Crippen LogP contribution in [0.4, 0.5) is 5.82 Å². The summed E-state index contributed by atoms with van der Waals surface area (Å²) in [4.78, 5) is 12.5. The predicted molar refractivity (Wildman–Crippen MR) is 97.6 cm³/mol. The molecule has 1 heterocycles. The maximum atomic E-state index is 12.5. The topological polar surface area (TPSA) is 56.1 Å². The highest BCUT2D eigenvalue weighted by atomic mass is 16.5. The molecule has 25 heavy (non-hydrogen) atoms. The number of benzene rings is 2. The summed E-state index contributed by atoms with van der Waals surface area (Å²) in [5.74, 6) is 0.507. The van der Waals surface area contributed by atoms with Crippen LogP contribution in [0.2, 0.25) is 0 Å². The molecule has 0 saturated carbocycles. The normalized spacial score (nSPS) is 10.6. The van der Waals surface area contributed by atoms with Crippen LogP contribution in [0.1, 0.15) is 27.0 Å². The van der Waals surface area contributed by atoms with Crippen molar-refractivity contribution in [2.24, 2.45) is 0 Å². The van der Waals surface area contributed by atoms with Crippen molar-refractivity contribution in [1.82, 2.24) is 9.78 Å². The van der Waals surface area contributed by atoms with E-state index in [4.69, 9.17) is 4.74 Å². The van der Waals surface area contributed by atoms with Crippen molar-refractivity contribution in [2.75, 3.05) is 12.4 Å². The van der Waals surface area contributed by atoms with E-state index in [0.717, 1.165) is 11.1 Å². The van der Waals surface area contributed by atoms with Gasteiger partial charge in [0.1, 0.15) is 5.82 Å². The zero-order valence-corrected chi connectivity index (χ0v) is 14.4. The molecular weight excluding hydrogens is 314 g/mol. The van der Waals surface area contributed by atoms with Crippen molar-refractivity contribution in [3.05, 3.63) is 83.0 Å². The van der Waals surface area contributed by atoms with Gasteiger partial charge in [0.2, 0.25) is 0 Å². The lowest BCUT2D eigenvalue weighted by Crippen LogP contribution is -2.16. The summed E-state index contributed by atoms with van der Waals surface area (Å²) >= 11 is 0. The maximum absolute atomic E-state index is 12.5. The molecule has 0 atom stereocenters. The van der Waals surface area contributed by atoms with E-state index < -0.39 is 0 Å². The van der Waals surface area contributed by atoms with Gasteiger partial charge in [-0.05, 0) is 30.2 Å². The first-order valence-corrected chi connectivity index (χ1v) is 8.12. The Bertz CT molecular complexity index is 871. The molecule has 0 aliphatic heterocycles. The van der Waals surface area contributed by atoms with Gasteiger partial charge in [-0.3, -0.25) is 4.79 Å². The van der Waals surface area contributed by atoms with E-state index in [9.17, 15) is 4.79 Å². The molecule has 0 fully saturated rings. The van der Waals surface area contributed by atoms with Gasteiger partial charge < -0.3 is 10.1 Å². The molecule has 0 radical (unpaired) electrons. The predicted octanol–water partition coefficient (Wildman–Crippen LogP) is 3.64. The molecule has 3 rings (SSSR count). The van der Waals surface area contributed by atoms with Crippen molar-refractivity contribution in [1.29, 1.82) is 0 Å². The van der Waals surface area contributed by atoms with Gasteiger partial charge in [0.15, 0.2) is 0 Å². The van der Waals surface area contributed by atoms with Gasteiger partial charge in [0.25, 0.3) is 5.91 Å². The third-order valence-electron chi connectivity index (χ3n) is 3.87. The van der Waals surface area contributed by atoms with Crippen LogP contribution in [-0.2, 0) is 17.9 Å². The second-order valence-corrected chi connectivity index (χ2v) is 5.95. The van der Waals surface area contributed by atoms with Crippen LogP contribution in [0.15, 0.2) is 60.8 Å². The van der Waals surface area contributed by atoms with Crippen LogP contribution in [-0.4, -0.2) is 22.8 Å². The zero-order chi connectivity index (χ0) is 17.6. The summed E-state index contributed by atoms with van der Waals surface area (Å²) in [5.41, 5.74) is 3.90. The third kappa shape index (κ3) is 4.33. The Kier molecular flexibility index (Phi) is 5.26. The molecular formula is C20H21N3O2. The molecule has 0 spiro atoms. The monoisotopic (exact) mass is 335 g/mol. The minimum absolute atomic E-state index is 0.163. The van der Waals surface area contributed by atoms with Crippen molar-refractivity contribution >= 4 is 11.7 Å². The summed E-state index contributed by atoms with van der Waals surface area (Å²) < 4.78 is 6.90. The number of carbonyl (C=O) groups is 1. The van der Waals surface area contributed by atoms with Crippen LogP contribution in [0, 0.1) is 6.92 Å². The first-order valence-electron chi connectivity index (χ1n) is 8.12. The number of nitrogens with zero attached hydrogens (tertiary/aromatic N) is 2. The molecule has 1 amide bonds. The van der Waals surface area contributed by atoms with E-state index in [1.165, 1.54) is 5.56 Å². The molecule has 0 unspecified atom stereocenters. The second-order valence-electron chi connectivity index (χ2n) is 5.95. The van der Waals surface area contributed by atoms with Crippen LogP contribution in [0.3, 0.4) is 0 Å². The average molecular weight is 335 g/mol. The minimum Gasteiger partial charge on any atom is -0.380 e. The van der Waals surface area contributed by atoms with E-state index in [1.807, 2.05) is 24.3 Å². The lowest BCUT2D eigenvalue weighted by molar-refractivity contribution is 0.102.